The molecule has 122 valence electrons. The van der Waals surface area contributed by atoms with E-state index in [4.69, 9.17) is 11.6 Å². The predicted molar refractivity (Wildman–Crippen MR) is 105 cm³/mol. The molecule has 24 heavy (non-hydrogen) atoms. The van der Waals surface area contributed by atoms with Crippen molar-refractivity contribution >= 4 is 35.1 Å². The summed E-state index contributed by atoms with van der Waals surface area (Å²) in [5.74, 6) is 1.74. The highest BCUT2D eigenvalue weighted by atomic mass is 35.5. The highest BCUT2D eigenvalue weighted by molar-refractivity contribution is 7.98. The molecule has 0 saturated heterocycles. The lowest BCUT2D eigenvalue weighted by Gasteiger charge is -2.11. The first-order valence-electron chi connectivity index (χ1n) is 7.58. The lowest BCUT2D eigenvalue weighted by Crippen LogP contribution is -1.90. The fourth-order valence-corrected chi connectivity index (χ4v) is 4.34. The van der Waals surface area contributed by atoms with Crippen LogP contribution in [0.4, 0.5) is 0 Å². The quantitative estimate of drug-likeness (QED) is 0.490. The van der Waals surface area contributed by atoms with Gasteiger partial charge in [-0.05, 0) is 36.4 Å². The molecule has 0 saturated carbocycles. The number of halogens is 1. The van der Waals surface area contributed by atoms with E-state index in [0.29, 0.717) is 22.3 Å². The van der Waals surface area contributed by atoms with Gasteiger partial charge in [-0.1, -0.05) is 48.0 Å². The van der Waals surface area contributed by atoms with E-state index < -0.39 is 0 Å². The average molecular weight is 373 g/mol. The summed E-state index contributed by atoms with van der Waals surface area (Å²) in [6.45, 7) is 0. The van der Waals surface area contributed by atoms with Crippen LogP contribution in [0.2, 0.25) is 5.02 Å². The molecule has 0 spiro atoms. The maximum absolute atomic E-state index is 10.6. The highest BCUT2D eigenvalue weighted by Gasteiger charge is 2.10. The normalized spacial score (nSPS) is 10.7. The number of hydrogen-bond acceptors (Lipinski definition) is 3. The molecule has 0 unspecified atom stereocenters. The van der Waals surface area contributed by atoms with Gasteiger partial charge >= 0.3 is 0 Å². The Balaban J connectivity index is 1.72. The highest BCUT2D eigenvalue weighted by Crippen LogP contribution is 2.35. The summed E-state index contributed by atoms with van der Waals surface area (Å²) < 4.78 is 0. The van der Waals surface area contributed by atoms with Crippen LogP contribution in [-0.2, 0) is 11.5 Å². The first kappa shape index (κ1) is 17.3. The van der Waals surface area contributed by atoms with Gasteiger partial charge in [0.15, 0.2) is 0 Å². The molecule has 0 radical (unpaired) electrons. The summed E-state index contributed by atoms with van der Waals surface area (Å²) >= 11 is 9.64. The van der Waals surface area contributed by atoms with Gasteiger partial charge in [0.25, 0.3) is 0 Å². The van der Waals surface area contributed by atoms with Crippen molar-refractivity contribution in [1.29, 1.82) is 0 Å². The Kier molecular flexibility index (Phi) is 6.13. The van der Waals surface area contributed by atoms with Crippen molar-refractivity contribution in [2.75, 3.05) is 0 Å². The van der Waals surface area contributed by atoms with E-state index in [-0.39, 0.29) is 0 Å². The Morgan fingerprint density at radius 2 is 1.12 bits per heavy atom. The topological polar surface area (TPSA) is 20.2 Å². The van der Waals surface area contributed by atoms with Crippen molar-refractivity contribution in [3.05, 3.63) is 88.9 Å². The average Bonchev–Trinajstić information content (AvgIpc) is 2.62. The molecule has 1 N–H and O–H groups in total. The van der Waals surface area contributed by atoms with Crippen LogP contribution in [0.15, 0.2) is 82.6 Å². The molecular formula is C20H17ClOS2. The third-order valence-corrected chi connectivity index (χ3v) is 5.85. The third-order valence-electron chi connectivity index (χ3n) is 3.51. The van der Waals surface area contributed by atoms with Crippen LogP contribution in [0.1, 0.15) is 11.1 Å². The monoisotopic (exact) mass is 372 g/mol. The minimum atomic E-state index is 0.353. The van der Waals surface area contributed by atoms with Gasteiger partial charge in [-0.25, -0.2) is 0 Å². The van der Waals surface area contributed by atoms with Crippen LogP contribution < -0.4 is 0 Å². The number of benzene rings is 3. The van der Waals surface area contributed by atoms with Crippen LogP contribution in [-0.4, -0.2) is 5.11 Å². The molecule has 1 nitrogen and oxygen atoms in total. The Morgan fingerprint density at radius 1 is 0.708 bits per heavy atom. The second kappa shape index (κ2) is 8.52. The minimum Gasteiger partial charge on any atom is -0.507 e. The van der Waals surface area contributed by atoms with Crippen LogP contribution in [0.3, 0.4) is 0 Å². The van der Waals surface area contributed by atoms with E-state index in [1.54, 1.807) is 23.5 Å². The van der Waals surface area contributed by atoms with Crippen molar-refractivity contribution in [3.8, 4) is 5.75 Å². The molecule has 0 aliphatic carbocycles. The van der Waals surface area contributed by atoms with Crippen molar-refractivity contribution in [1.82, 2.24) is 0 Å². The van der Waals surface area contributed by atoms with Crippen molar-refractivity contribution in [3.63, 3.8) is 0 Å². The van der Waals surface area contributed by atoms with E-state index in [1.165, 1.54) is 9.79 Å². The number of aromatic hydroxyl groups is 1. The van der Waals surface area contributed by atoms with Gasteiger partial charge in [-0.15, -0.1) is 23.5 Å². The van der Waals surface area contributed by atoms with Crippen LogP contribution in [0.25, 0.3) is 0 Å². The Bertz CT molecular complexity index is 727. The van der Waals surface area contributed by atoms with E-state index in [1.807, 2.05) is 48.5 Å². The number of thioether (sulfide) groups is 2. The summed E-state index contributed by atoms with van der Waals surface area (Å²) in [5, 5.41) is 11.3. The largest absolute Gasteiger partial charge is 0.507 e. The lowest BCUT2D eigenvalue weighted by atomic mass is 10.1. The maximum atomic E-state index is 10.6. The summed E-state index contributed by atoms with van der Waals surface area (Å²) in [5.41, 5.74) is 1.75. The summed E-state index contributed by atoms with van der Waals surface area (Å²) in [6, 6.07) is 24.0. The molecule has 0 heterocycles. The van der Waals surface area contributed by atoms with E-state index in [9.17, 15) is 5.11 Å². The zero-order chi connectivity index (χ0) is 16.8. The standard InChI is InChI=1S/C20H17ClOS2/c21-17-11-15(13-23-18-7-3-1-4-8-18)20(22)16(12-17)14-24-19-9-5-2-6-10-19/h1-12,22H,13-14H2. The zero-order valence-corrected chi connectivity index (χ0v) is 15.4. The first-order chi connectivity index (χ1) is 11.7. The van der Waals surface area contributed by atoms with Crippen LogP contribution in [0, 0.1) is 0 Å². The van der Waals surface area contributed by atoms with Gasteiger partial charge in [0.2, 0.25) is 0 Å². The predicted octanol–water partition coefficient (Wildman–Crippen LogP) is 6.63. The Labute approximate surface area is 156 Å². The van der Waals surface area contributed by atoms with Gasteiger partial charge in [-0.3, -0.25) is 0 Å². The van der Waals surface area contributed by atoms with E-state index in [0.717, 1.165) is 11.1 Å². The fourth-order valence-electron chi connectivity index (χ4n) is 2.29. The number of rotatable bonds is 6. The Hall–Kier alpha value is -1.55. The molecule has 0 aliphatic rings. The molecule has 0 bridgehead atoms. The van der Waals surface area contributed by atoms with Gasteiger partial charge in [0, 0.05) is 37.4 Å². The van der Waals surface area contributed by atoms with Crippen molar-refractivity contribution < 1.29 is 5.11 Å². The van der Waals surface area contributed by atoms with Gasteiger partial charge in [0.05, 0.1) is 0 Å². The molecule has 3 aromatic rings. The summed E-state index contributed by atoms with van der Waals surface area (Å²) in [4.78, 5) is 2.36. The smallest absolute Gasteiger partial charge is 0.123 e. The van der Waals surface area contributed by atoms with E-state index >= 15 is 0 Å². The SMILES string of the molecule is Oc1c(CSc2ccccc2)cc(Cl)cc1CSc1ccccc1. The van der Waals surface area contributed by atoms with Gasteiger partial charge < -0.3 is 5.11 Å². The minimum absolute atomic E-state index is 0.353. The third kappa shape index (κ3) is 4.73. The number of phenols is 1. The zero-order valence-electron chi connectivity index (χ0n) is 13.0. The van der Waals surface area contributed by atoms with Crippen LogP contribution in [0.5, 0.6) is 5.75 Å². The molecule has 4 heteroatoms. The molecule has 0 atom stereocenters. The molecule has 0 fully saturated rings. The Morgan fingerprint density at radius 3 is 1.54 bits per heavy atom. The first-order valence-corrected chi connectivity index (χ1v) is 9.93. The van der Waals surface area contributed by atoms with Crippen molar-refractivity contribution in [2.24, 2.45) is 0 Å². The second-order valence-electron chi connectivity index (χ2n) is 5.28. The number of hydrogen-bond donors (Lipinski definition) is 1. The lowest BCUT2D eigenvalue weighted by molar-refractivity contribution is 0.466. The maximum Gasteiger partial charge on any atom is 0.123 e. The number of phenolic OH excluding ortho intramolecular Hbond substituents is 1. The molecule has 0 aromatic heterocycles. The van der Waals surface area contributed by atoms with Gasteiger partial charge in [0.1, 0.15) is 5.75 Å². The molecule has 0 amide bonds. The molecule has 3 rings (SSSR count). The fraction of sp³-hybridized carbons (Fsp3) is 0.100. The molecule has 0 aliphatic heterocycles. The van der Waals surface area contributed by atoms with Crippen LogP contribution >= 0.6 is 35.1 Å². The van der Waals surface area contributed by atoms with Crippen molar-refractivity contribution in [2.45, 2.75) is 21.3 Å². The second-order valence-corrected chi connectivity index (χ2v) is 7.81. The summed E-state index contributed by atoms with van der Waals surface area (Å²) in [7, 11) is 0. The molecular weight excluding hydrogens is 356 g/mol. The van der Waals surface area contributed by atoms with E-state index in [2.05, 4.69) is 24.3 Å². The van der Waals surface area contributed by atoms with Gasteiger partial charge in [-0.2, -0.15) is 0 Å². The summed E-state index contributed by atoms with van der Waals surface area (Å²) in [6.07, 6.45) is 0. The molecule has 3 aromatic carbocycles.